The van der Waals surface area contributed by atoms with Crippen molar-refractivity contribution in [2.45, 2.75) is 6.92 Å². The average molecular weight is 435 g/mol. The number of carbonyl (C=O) groups excluding carboxylic acids is 1. The van der Waals surface area contributed by atoms with Gasteiger partial charge < -0.3 is 14.5 Å². The van der Waals surface area contributed by atoms with Crippen LogP contribution >= 0.6 is 15.9 Å². The van der Waals surface area contributed by atoms with Gasteiger partial charge in [0.05, 0.1) is 17.1 Å². The van der Waals surface area contributed by atoms with Crippen LogP contribution in [0.3, 0.4) is 0 Å². The fourth-order valence-electron chi connectivity index (χ4n) is 2.99. The second-order valence-corrected chi connectivity index (χ2v) is 6.91. The van der Waals surface area contributed by atoms with E-state index in [9.17, 15) is 14.9 Å². The fraction of sp³-hybridized carbons (Fsp3) is 0.333. The molecule has 1 aliphatic heterocycles. The lowest BCUT2D eigenvalue weighted by Gasteiger charge is -2.36. The number of pyridine rings is 1. The van der Waals surface area contributed by atoms with Crippen LogP contribution in [0.15, 0.2) is 41.0 Å². The van der Waals surface area contributed by atoms with Crippen LogP contribution < -0.4 is 9.80 Å². The molecule has 0 unspecified atom stereocenters. The van der Waals surface area contributed by atoms with Gasteiger partial charge in [0, 0.05) is 42.9 Å². The van der Waals surface area contributed by atoms with Crippen LogP contribution in [0.1, 0.15) is 17.3 Å². The molecule has 27 heavy (non-hydrogen) atoms. The number of ether oxygens (including phenoxy) is 1. The Morgan fingerprint density at radius 1 is 1.22 bits per heavy atom. The molecule has 1 fully saturated rings. The first-order chi connectivity index (χ1) is 13.0. The highest BCUT2D eigenvalue weighted by Gasteiger charge is 2.24. The summed E-state index contributed by atoms with van der Waals surface area (Å²) < 4.78 is 5.64. The predicted molar refractivity (Wildman–Crippen MR) is 105 cm³/mol. The van der Waals surface area contributed by atoms with Crippen molar-refractivity contribution < 1.29 is 14.5 Å². The number of esters is 1. The van der Waals surface area contributed by atoms with Gasteiger partial charge in [0.15, 0.2) is 0 Å². The Labute approximate surface area is 165 Å². The Balaban J connectivity index is 1.67. The topological polar surface area (TPSA) is 88.8 Å². The number of nitro groups is 1. The van der Waals surface area contributed by atoms with Gasteiger partial charge in [0.2, 0.25) is 0 Å². The first kappa shape index (κ1) is 19.1. The van der Waals surface area contributed by atoms with Crippen molar-refractivity contribution in [2.75, 3.05) is 42.6 Å². The number of aromatic nitrogens is 1. The van der Waals surface area contributed by atoms with Crippen molar-refractivity contribution in [1.82, 2.24) is 4.98 Å². The van der Waals surface area contributed by atoms with Gasteiger partial charge in [-0.3, -0.25) is 10.1 Å². The molecule has 9 heteroatoms. The van der Waals surface area contributed by atoms with Gasteiger partial charge >= 0.3 is 5.97 Å². The second kappa shape index (κ2) is 8.34. The molecule has 2 heterocycles. The summed E-state index contributed by atoms with van der Waals surface area (Å²) in [5.74, 6) is 0.386. The van der Waals surface area contributed by atoms with Crippen molar-refractivity contribution in [3.63, 3.8) is 0 Å². The number of carbonyl (C=O) groups is 1. The van der Waals surface area contributed by atoms with Crippen LogP contribution in [0.25, 0.3) is 0 Å². The zero-order valence-electron chi connectivity index (χ0n) is 14.8. The zero-order chi connectivity index (χ0) is 19.4. The first-order valence-electron chi connectivity index (χ1n) is 8.56. The molecule has 1 saturated heterocycles. The fourth-order valence-corrected chi connectivity index (χ4v) is 3.34. The van der Waals surface area contributed by atoms with Crippen molar-refractivity contribution in [3.05, 3.63) is 56.7 Å². The van der Waals surface area contributed by atoms with E-state index in [1.165, 1.54) is 12.3 Å². The van der Waals surface area contributed by atoms with E-state index < -0.39 is 0 Å². The van der Waals surface area contributed by atoms with Crippen molar-refractivity contribution in [1.29, 1.82) is 0 Å². The third-order valence-electron chi connectivity index (χ3n) is 4.34. The lowest BCUT2D eigenvalue weighted by Crippen LogP contribution is -2.47. The van der Waals surface area contributed by atoms with Gasteiger partial charge in [0.25, 0.3) is 5.69 Å². The third kappa shape index (κ3) is 4.36. The Morgan fingerprint density at radius 2 is 1.93 bits per heavy atom. The summed E-state index contributed by atoms with van der Waals surface area (Å²) in [4.78, 5) is 31.1. The van der Waals surface area contributed by atoms with Crippen LogP contribution in [0.5, 0.6) is 0 Å². The Hall–Kier alpha value is -2.68. The van der Waals surface area contributed by atoms with E-state index in [4.69, 9.17) is 4.74 Å². The van der Waals surface area contributed by atoms with E-state index in [0.29, 0.717) is 48.5 Å². The molecule has 0 radical (unpaired) electrons. The summed E-state index contributed by atoms with van der Waals surface area (Å²) in [7, 11) is 0. The molecule has 0 spiro atoms. The summed E-state index contributed by atoms with van der Waals surface area (Å²) in [6, 6.07) is 8.60. The van der Waals surface area contributed by atoms with Crippen molar-refractivity contribution >= 4 is 39.1 Å². The second-order valence-electron chi connectivity index (χ2n) is 5.99. The van der Waals surface area contributed by atoms with E-state index in [2.05, 4.69) is 25.8 Å². The van der Waals surface area contributed by atoms with Crippen LogP contribution in [0.2, 0.25) is 0 Å². The molecule has 1 aliphatic rings. The van der Waals surface area contributed by atoms with E-state index in [1.807, 2.05) is 11.0 Å². The van der Waals surface area contributed by atoms with E-state index in [0.717, 1.165) is 5.82 Å². The number of hydrogen-bond donors (Lipinski definition) is 0. The monoisotopic (exact) mass is 434 g/mol. The summed E-state index contributed by atoms with van der Waals surface area (Å²) in [5.41, 5.74) is 1.13. The standard InChI is InChI=1S/C18H19BrN4O4/c1-2-27-18(24)13-3-6-17(20-12-13)22-9-7-21(8-10-22)15-5-4-14(19)11-16(15)23(25)26/h3-6,11-12H,2,7-10H2,1H3. The molecule has 0 aliphatic carbocycles. The predicted octanol–water partition coefficient (Wildman–Crippen LogP) is 3.26. The highest BCUT2D eigenvalue weighted by molar-refractivity contribution is 9.10. The maximum Gasteiger partial charge on any atom is 0.339 e. The Kier molecular flexibility index (Phi) is 5.90. The number of benzene rings is 1. The SMILES string of the molecule is CCOC(=O)c1ccc(N2CCN(c3ccc(Br)cc3[N+](=O)[O-])CC2)nc1. The quantitative estimate of drug-likeness (QED) is 0.405. The lowest BCUT2D eigenvalue weighted by atomic mass is 10.2. The Bertz CT molecular complexity index is 836. The maximum absolute atomic E-state index is 11.7. The molecule has 8 nitrogen and oxygen atoms in total. The highest BCUT2D eigenvalue weighted by Crippen LogP contribution is 2.32. The van der Waals surface area contributed by atoms with E-state index >= 15 is 0 Å². The molecule has 0 atom stereocenters. The molecule has 142 valence electrons. The van der Waals surface area contributed by atoms with Gasteiger partial charge in [-0.15, -0.1) is 0 Å². The van der Waals surface area contributed by atoms with Crippen LogP contribution in [-0.4, -0.2) is 48.7 Å². The van der Waals surface area contributed by atoms with Gasteiger partial charge in [-0.2, -0.15) is 0 Å². The van der Waals surface area contributed by atoms with Gasteiger partial charge in [-0.1, -0.05) is 15.9 Å². The maximum atomic E-state index is 11.7. The molecular weight excluding hydrogens is 416 g/mol. The smallest absolute Gasteiger partial charge is 0.339 e. The number of halogens is 1. The third-order valence-corrected chi connectivity index (χ3v) is 4.83. The van der Waals surface area contributed by atoms with Gasteiger partial charge in [-0.25, -0.2) is 9.78 Å². The van der Waals surface area contributed by atoms with Crippen LogP contribution in [-0.2, 0) is 4.74 Å². The Morgan fingerprint density at radius 3 is 2.52 bits per heavy atom. The van der Waals surface area contributed by atoms with Gasteiger partial charge in [-0.05, 0) is 31.2 Å². The number of piperazine rings is 1. The van der Waals surface area contributed by atoms with Crippen LogP contribution in [0, 0.1) is 10.1 Å². The minimum absolute atomic E-state index is 0.0924. The number of anilines is 2. The molecule has 1 aromatic heterocycles. The molecule has 0 bridgehead atoms. The number of nitrogens with zero attached hydrogens (tertiary/aromatic N) is 4. The summed E-state index contributed by atoms with van der Waals surface area (Å²) in [6.45, 7) is 4.73. The lowest BCUT2D eigenvalue weighted by molar-refractivity contribution is -0.384. The molecule has 3 rings (SSSR count). The van der Waals surface area contributed by atoms with Crippen LogP contribution in [0.4, 0.5) is 17.2 Å². The molecule has 0 saturated carbocycles. The van der Waals surface area contributed by atoms with Crippen molar-refractivity contribution in [3.8, 4) is 0 Å². The van der Waals surface area contributed by atoms with E-state index in [1.54, 1.807) is 25.1 Å². The molecule has 0 N–H and O–H groups in total. The first-order valence-corrected chi connectivity index (χ1v) is 9.36. The van der Waals surface area contributed by atoms with Crippen molar-refractivity contribution in [2.24, 2.45) is 0 Å². The number of rotatable bonds is 5. The zero-order valence-corrected chi connectivity index (χ0v) is 16.4. The minimum atomic E-state index is -0.385. The molecule has 0 amide bonds. The average Bonchev–Trinajstić information content (AvgIpc) is 2.68. The number of hydrogen-bond acceptors (Lipinski definition) is 7. The largest absolute Gasteiger partial charge is 0.462 e. The summed E-state index contributed by atoms with van der Waals surface area (Å²) in [6.07, 6.45) is 1.51. The van der Waals surface area contributed by atoms with E-state index in [-0.39, 0.29) is 16.6 Å². The molecule has 2 aromatic rings. The minimum Gasteiger partial charge on any atom is -0.462 e. The van der Waals surface area contributed by atoms with Gasteiger partial charge in [0.1, 0.15) is 11.5 Å². The molecular formula is C18H19BrN4O4. The highest BCUT2D eigenvalue weighted by atomic mass is 79.9. The normalized spacial score (nSPS) is 14.1. The summed E-state index contributed by atoms with van der Waals surface area (Å²) in [5, 5.41) is 11.3. The number of nitro benzene ring substituents is 1. The molecule has 1 aromatic carbocycles. The summed E-state index contributed by atoms with van der Waals surface area (Å²) >= 11 is 3.28.